The number of nitrogens with zero attached hydrogens (tertiary/aromatic N) is 2. The number of benzene rings is 2. The van der Waals surface area contributed by atoms with Crippen LogP contribution in [0.1, 0.15) is 29.8 Å². The molecule has 0 N–H and O–H groups in total. The quantitative estimate of drug-likeness (QED) is 0.843. The highest BCUT2D eigenvalue weighted by Crippen LogP contribution is 2.35. The number of rotatable bonds is 3. The Balaban J connectivity index is 1.95. The Kier molecular flexibility index (Phi) is 4.82. The second kappa shape index (κ2) is 6.89. The van der Waals surface area contributed by atoms with Gasteiger partial charge in [0.05, 0.1) is 0 Å². The molecular formula is C20H21ClN2O2. The van der Waals surface area contributed by atoms with E-state index in [0.29, 0.717) is 11.4 Å². The smallest absolute Gasteiger partial charge is 0.247 e. The summed E-state index contributed by atoms with van der Waals surface area (Å²) in [7, 11) is 1.74. The maximum atomic E-state index is 12.8. The van der Waals surface area contributed by atoms with Gasteiger partial charge in [-0.05, 0) is 30.2 Å². The van der Waals surface area contributed by atoms with Crippen LogP contribution in [0, 0.1) is 6.92 Å². The molecule has 2 atom stereocenters. The fraction of sp³-hybridized carbons (Fsp3) is 0.300. The van der Waals surface area contributed by atoms with E-state index in [2.05, 4.69) is 0 Å². The molecule has 0 radical (unpaired) electrons. The molecule has 4 nitrogen and oxygen atoms in total. The van der Waals surface area contributed by atoms with Crippen molar-refractivity contribution >= 4 is 23.4 Å². The monoisotopic (exact) mass is 356 g/mol. The molecule has 25 heavy (non-hydrogen) atoms. The Bertz CT molecular complexity index is 786. The lowest BCUT2D eigenvalue weighted by molar-refractivity contribution is -0.134. The van der Waals surface area contributed by atoms with Crippen LogP contribution in [0.5, 0.6) is 0 Å². The van der Waals surface area contributed by atoms with Gasteiger partial charge in [-0.1, -0.05) is 53.6 Å². The summed E-state index contributed by atoms with van der Waals surface area (Å²) in [6, 6.07) is 14.8. The molecule has 2 aromatic rings. The number of halogens is 1. The molecule has 1 aliphatic rings. The van der Waals surface area contributed by atoms with Gasteiger partial charge in [0.25, 0.3) is 0 Å². The summed E-state index contributed by atoms with van der Waals surface area (Å²) in [6.07, 6.45) is 0.102. The zero-order valence-corrected chi connectivity index (χ0v) is 15.3. The zero-order chi connectivity index (χ0) is 18.1. The highest BCUT2D eigenvalue weighted by atomic mass is 35.5. The minimum absolute atomic E-state index is 0.0456. The van der Waals surface area contributed by atoms with Crippen LogP contribution in [0.25, 0.3) is 0 Å². The van der Waals surface area contributed by atoms with Crippen molar-refractivity contribution < 1.29 is 9.59 Å². The topological polar surface area (TPSA) is 40.6 Å². The van der Waals surface area contributed by atoms with Crippen LogP contribution in [0.3, 0.4) is 0 Å². The Labute approximate surface area is 153 Å². The highest BCUT2D eigenvalue weighted by Gasteiger charge is 2.46. The van der Waals surface area contributed by atoms with Crippen molar-refractivity contribution in [3.05, 3.63) is 70.2 Å². The molecule has 3 rings (SSSR count). The average molecular weight is 357 g/mol. The maximum Gasteiger partial charge on any atom is 0.247 e. The summed E-state index contributed by atoms with van der Waals surface area (Å²) < 4.78 is 0. The van der Waals surface area contributed by atoms with E-state index in [1.807, 2.05) is 43.3 Å². The van der Waals surface area contributed by atoms with Crippen molar-refractivity contribution in [3.8, 4) is 0 Å². The highest BCUT2D eigenvalue weighted by molar-refractivity contribution is 6.30. The number of carbonyl (C=O) groups excluding carboxylic acids is 2. The van der Waals surface area contributed by atoms with Gasteiger partial charge < -0.3 is 9.80 Å². The Morgan fingerprint density at radius 1 is 1.08 bits per heavy atom. The molecule has 0 aliphatic carbocycles. The van der Waals surface area contributed by atoms with Crippen LogP contribution in [0.4, 0.5) is 0 Å². The first-order chi connectivity index (χ1) is 11.9. The van der Waals surface area contributed by atoms with E-state index in [0.717, 1.165) is 11.1 Å². The molecule has 0 bridgehead atoms. The number of carbonyl (C=O) groups is 2. The van der Waals surface area contributed by atoms with Gasteiger partial charge in [0.1, 0.15) is 12.2 Å². The van der Waals surface area contributed by atoms with Gasteiger partial charge in [-0.15, -0.1) is 0 Å². The van der Waals surface area contributed by atoms with Gasteiger partial charge >= 0.3 is 0 Å². The molecule has 1 saturated heterocycles. The first-order valence-electron chi connectivity index (χ1n) is 8.25. The summed E-state index contributed by atoms with van der Waals surface area (Å²) in [5.41, 5.74) is 3.09. The first-order valence-corrected chi connectivity index (χ1v) is 8.63. The Morgan fingerprint density at radius 3 is 2.24 bits per heavy atom. The largest absolute Gasteiger partial charge is 0.319 e. The SMILES string of the molecule is CC(=O)N1C(Cc2ccc(C)cc2)C(=O)N(C)C1c1ccc(Cl)cc1. The predicted molar refractivity (Wildman–Crippen MR) is 98.2 cm³/mol. The summed E-state index contributed by atoms with van der Waals surface area (Å²) in [6.45, 7) is 3.54. The molecule has 5 heteroatoms. The number of likely N-dealkylation sites (N-methyl/N-ethyl adjacent to an activating group) is 1. The van der Waals surface area contributed by atoms with E-state index in [1.54, 1.807) is 29.0 Å². The number of aryl methyl sites for hydroxylation is 1. The van der Waals surface area contributed by atoms with Gasteiger partial charge in [0.2, 0.25) is 11.8 Å². The minimum Gasteiger partial charge on any atom is -0.319 e. The van der Waals surface area contributed by atoms with Crippen molar-refractivity contribution in [3.63, 3.8) is 0 Å². The average Bonchev–Trinajstić information content (AvgIpc) is 2.83. The molecule has 2 amide bonds. The lowest BCUT2D eigenvalue weighted by Crippen LogP contribution is -2.39. The molecule has 1 fully saturated rings. The Hall–Kier alpha value is -2.33. The van der Waals surface area contributed by atoms with Gasteiger partial charge in [-0.25, -0.2) is 0 Å². The fourth-order valence-electron chi connectivity index (χ4n) is 3.38. The van der Waals surface area contributed by atoms with E-state index in [4.69, 9.17) is 11.6 Å². The fourth-order valence-corrected chi connectivity index (χ4v) is 3.50. The molecule has 0 spiro atoms. The summed E-state index contributed by atoms with van der Waals surface area (Å²) in [5.74, 6) is -0.162. The lowest BCUT2D eigenvalue weighted by atomic mass is 10.0. The first kappa shape index (κ1) is 17.5. The van der Waals surface area contributed by atoms with Gasteiger partial charge in [0, 0.05) is 25.4 Å². The van der Waals surface area contributed by atoms with Crippen LogP contribution >= 0.6 is 11.6 Å². The molecule has 1 aliphatic heterocycles. The third kappa shape index (κ3) is 3.40. The van der Waals surface area contributed by atoms with E-state index in [9.17, 15) is 9.59 Å². The second-order valence-corrected chi connectivity index (χ2v) is 6.94. The normalized spacial score (nSPS) is 20.2. The Morgan fingerprint density at radius 2 is 1.68 bits per heavy atom. The van der Waals surface area contributed by atoms with E-state index < -0.39 is 12.2 Å². The standard InChI is InChI=1S/C20H21ClN2O2/c1-13-4-6-15(7-5-13)12-18-20(25)22(3)19(23(18)14(2)24)16-8-10-17(21)11-9-16/h4-11,18-19H,12H2,1-3H3. The van der Waals surface area contributed by atoms with Crippen LogP contribution in [0.2, 0.25) is 5.02 Å². The number of hydrogen-bond acceptors (Lipinski definition) is 2. The summed E-state index contributed by atoms with van der Waals surface area (Å²) in [4.78, 5) is 28.5. The zero-order valence-electron chi connectivity index (χ0n) is 14.6. The van der Waals surface area contributed by atoms with Crippen molar-refractivity contribution in [1.29, 1.82) is 0 Å². The van der Waals surface area contributed by atoms with Crippen LogP contribution in [-0.2, 0) is 16.0 Å². The lowest BCUT2D eigenvalue weighted by Gasteiger charge is -2.29. The molecule has 0 saturated carbocycles. The maximum absolute atomic E-state index is 12.8. The third-order valence-corrected chi connectivity index (χ3v) is 4.93. The van der Waals surface area contributed by atoms with Crippen LogP contribution in [-0.4, -0.2) is 34.7 Å². The molecular weight excluding hydrogens is 336 g/mol. The van der Waals surface area contributed by atoms with E-state index in [1.165, 1.54) is 12.5 Å². The van der Waals surface area contributed by atoms with Crippen molar-refractivity contribution in [2.45, 2.75) is 32.5 Å². The van der Waals surface area contributed by atoms with Crippen molar-refractivity contribution in [1.82, 2.24) is 9.80 Å². The van der Waals surface area contributed by atoms with Crippen LogP contribution in [0.15, 0.2) is 48.5 Å². The van der Waals surface area contributed by atoms with Crippen molar-refractivity contribution in [2.75, 3.05) is 7.05 Å². The molecule has 0 aromatic heterocycles. The number of hydrogen-bond donors (Lipinski definition) is 0. The van der Waals surface area contributed by atoms with Gasteiger partial charge in [0.15, 0.2) is 0 Å². The third-order valence-electron chi connectivity index (χ3n) is 4.68. The van der Waals surface area contributed by atoms with Crippen LogP contribution < -0.4 is 0 Å². The molecule has 130 valence electrons. The predicted octanol–water partition coefficient (Wildman–Crippen LogP) is 3.58. The number of amides is 2. The van der Waals surface area contributed by atoms with E-state index >= 15 is 0 Å². The van der Waals surface area contributed by atoms with E-state index in [-0.39, 0.29) is 11.8 Å². The van der Waals surface area contributed by atoms with Crippen molar-refractivity contribution in [2.24, 2.45) is 0 Å². The second-order valence-electron chi connectivity index (χ2n) is 6.51. The summed E-state index contributed by atoms with van der Waals surface area (Å²) in [5, 5.41) is 0.626. The van der Waals surface area contributed by atoms with Gasteiger partial charge in [-0.2, -0.15) is 0 Å². The molecule has 2 unspecified atom stereocenters. The van der Waals surface area contributed by atoms with Gasteiger partial charge in [-0.3, -0.25) is 9.59 Å². The minimum atomic E-state index is -0.495. The molecule has 1 heterocycles. The molecule has 2 aromatic carbocycles. The summed E-state index contributed by atoms with van der Waals surface area (Å²) >= 11 is 5.97.